The number of hydrogen-bond acceptors (Lipinski definition) is 10. The van der Waals surface area contributed by atoms with Crippen LogP contribution in [0.5, 0.6) is 0 Å². The number of hydrogen-bond donors (Lipinski definition) is 3. The molecule has 0 aromatic carbocycles. The molecule has 13 heteroatoms. The average molecular weight is 481 g/mol. The molecule has 0 aliphatic carbocycles. The number of nitrogen functional groups attached to an aromatic ring is 1. The predicted molar refractivity (Wildman–Crippen MR) is 117 cm³/mol. The van der Waals surface area contributed by atoms with Crippen molar-refractivity contribution in [1.29, 1.82) is 0 Å². The van der Waals surface area contributed by atoms with Crippen LogP contribution in [0.1, 0.15) is 25.0 Å². The molecule has 2 atom stereocenters. The van der Waals surface area contributed by atoms with Crippen molar-refractivity contribution < 1.29 is 29.2 Å². The molecule has 3 aliphatic heterocycles. The molecule has 1 aromatic heterocycles. The number of nitrogens with two attached hydrogens (primary N) is 1. The van der Waals surface area contributed by atoms with Crippen LogP contribution in [0.25, 0.3) is 0 Å². The molecule has 11 nitrogen and oxygen atoms in total. The Morgan fingerprint density at radius 3 is 2.72 bits per heavy atom. The number of fused-ring (bicyclic) bond motifs is 1. The van der Waals surface area contributed by atoms with Gasteiger partial charge in [0.05, 0.1) is 31.8 Å². The van der Waals surface area contributed by atoms with E-state index in [-0.39, 0.29) is 22.2 Å². The number of rotatable bonds is 6. The van der Waals surface area contributed by atoms with E-state index < -0.39 is 29.2 Å². The van der Waals surface area contributed by atoms with Gasteiger partial charge in [-0.05, 0) is 19.3 Å². The standard InChI is InChI=1S/C19H24N6O5S2/c1-25(5-3-2-4-6-25)7-10-8-31-17-13(16(27)24(17)14(10)18(28)29)22-15(26)12(23-30)11-9-32-19(20)21-11/h9,13,17H,2-8H2,1H3,(H4-,20,21,22,26,28,29,30)/t13?,17-/m0/s1. The Bertz CT molecular complexity index is 1020. The van der Waals surface area contributed by atoms with Crippen molar-refractivity contribution in [2.45, 2.75) is 30.7 Å². The van der Waals surface area contributed by atoms with E-state index in [1.165, 1.54) is 28.5 Å². The highest BCUT2D eigenvalue weighted by Gasteiger charge is 2.53. The molecule has 4 N–H and O–H groups in total. The van der Waals surface area contributed by atoms with E-state index in [0.717, 1.165) is 41.8 Å². The maximum absolute atomic E-state index is 12.8. The van der Waals surface area contributed by atoms with Gasteiger partial charge in [-0.25, -0.2) is 4.98 Å². The van der Waals surface area contributed by atoms with Crippen LogP contribution in [0, 0.1) is 0 Å². The van der Waals surface area contributed by atoms with E-state index in [4.69, 9.17) is 5.73 Å². The van der Waals surface area contributed by atoms with E-state index in [2.05, 4.69) is 22.5 Å². The third kappa shape index (κ3) is 4.07. The minimum Gasteiger partial charge on any atom is -0.543 e. The number of carboxylic acid groups (broad SMARTS) is 1. The number of aliphatic carboxylic acids is 1. The molecule has 2 fully saturated rings. The Balaban J connectivity index is 1.50. The highest BCUT2D eigenvalue weighted by Crippen LogP contribution is 2.41. The van der Waals surface area contributed by atoms with Gasteiger partial charge in [0.15, 0.2) is 10.8 Å². The number of aromatic nitrogens is 1. The number of β-lactam (4-membered cyclic amide) rings is 1. The molecule has 4 rings (SSSR count). The Morgan fingerprint density at radius 1 is 1.41 bits per heavy atom. The Hall–Kier alpha value is -2.64. The number of amides is 2. The summed E-state index contributed by atoms with van der Waals surface area (Å²) < 4.78 is 0.743. The lowest BCUT2D eigenvalue weighted by Crippen LogP contribution is -2.72. The van der Waals surface area contributed by atoms with E-state index in [9.17, 15) is 24.7 Å². The van der Waals surface area contributed by atoms with E-state index in [1.807, 2.05) is 0 Å². The lowest BCUT2D eigenvalue weighted by molar-refractivity contribution is -0.909. The molecule has 1 unspecified atom stereocenters. The summed E-state index contributed by atoms with van der Waals surface area (Å²) >= 11 is 2.47. The minimum absolute atomic E-state index is 0.0857. The number of thioether (sulfide) groups is 1. The monoisotopic (exact) mass is 480 g/mol. The summed E-state index contributed by atoms with van der Waals surface area (Å²) in [7, 11) is 2.11. The van der Waals surface area contributed by atoms with Crippen molar-refractivity contribution >= 4 is 51.7 Å². The fourth-order valence-electron chi connectivity index (χ4n) is 4.51. The summed E-state index contributed by atoms with van der Waals surface area (Å²) in [6, 6.07) is -0.948. The summed E-state index contributed by atoms with van der Waals surface area (Å²) in [6.45, 7) is 2.49. The van der Waals surface area contributed by atoms with Gasteiger partial charge < -0.3 is 30.6 Å². The zero-order valence-corrected chi connectivity index (χ0v) is 19.1. The highest BCUT2D eigenvalue weighted by molar-refractivity contribution is 8.00. The number of nitrogens with one attached hydrogen (secondary N) is 1. The molecule has 0 radical (unpaired) electrons. The number of oxime groups is 1. The number of carbonyl (C=O) groups excluding carboxylic acids is 3. The van der Waals surface area contributed by atoms with Crippen LogP contribution in [-0.4, -0.2) is 86.9 Å². The number of carboxylic acids is 1. The number of thiazole rings is 1. The van der Waals surface area contributed by atoms with Gasteiger partial charge in [0, 0.05) is 16.7 Å². The summed E-state index contributed by atoms with van der Waals surface area (Å²) in [4.78, 5) is 42.5. The Kier molecular flexibility index (Phi) is 6.14. The fraction of sp³-hybridized carbons (Fsp3) is 0.526. The van der Waals surface area contributed by atoms with Crippen molar-refractivity contribution in [1.82, 2.24) is 15.2 Å². The molecular formula is C19H24N6O5S2. The second-order valence-corrected chi connectivity index (χ2v) is 10.4. The normalized spacial score (nSPS) is 25.2. The maximum Gasteiger partial charge on any atom is 0.276 e. The second kappa shape index (κ2) is 8.71. The number of quaternary nitrogens is 1. The van der Waals surface area contributed by atoms with Crippen LogP contribution in [0.2, 0.25) is 0 Å². The van der Waals surface area contributed by atoms with Gasteiger partial charge in [0.1, 0.15) is 23.7 Å². The van der Waals surface area contributed by atoms with Crippen molar-refractivity contribution in [3.63, 3.8) is 0 Å². The third-order valence-corrected chi connectivity index (χ3v) is 8.09. The van der Waals surface area contributed by atoms with Crippen LogP contribution in [0.15, 0.2) is 21.8 Å². The van der Waals surface area contributed by atoms with Gasteiger partial charge >= 0.3 is 0 Å². The first-order valence-electron chi connectivity index (χ1n) is 10.2. The smallest absolute Gasteiger partial charge is 0.276 e. The van der Waals surface area contributed by atoms with E-state index in [0.29, 0.717) is 17.9 Å². The molecule has 0 saturated carbocycles. The lowest BCUT2D eigenvalue weighted by Gasteiger charge is -2.51. The molecule has 4 heterocycles. The van der Waals surface area contributed by atoms with Gasteiger partial charge in [-0.15, -0.1) is 23.1 Å². The van der Waals surface area contributed by atoms with Crippen LogP contribution in [0.3, 0.4) is 0 Å². The first-order chi connectivity index (χ1) is 15.2. The van der Waals surface area contributed by atoms with E-state index >= 15 is 0 Å². The van der Waals surface area contributed by atoms with Crippen molar-refractivity contribution in [2.24, 2.45) is 5.16 Å². The Labute approximate surface area is 192 Å². The average Bonchev–Trinajstić information content (AvgIpc) is 3.18. The number of likely N-dealkylation sites (N-methyl/N-ethyl adjacent to an activating group) is 1. The van der Waals surface area contributed by atoms with Gasteiger partial charge in [-0.2, -0.15) is 0 Å². The summed E-state index contributed by atoms with van der Waals surface area (Å²) in [5, 5.41) is 27.8. The van der Waals surface area contributed by atoms with Crippen molar-refractivity contribution in [3.05, 3.63) is 22.3 Å². The third-order valence-electron chi connectivity index (χ3n) is 6.08. The van der Waals surface area contributed by atoms with Crippen molar-refractivity contribution in [2.75, 3.05) is 38.2 Å². The molecule has 3 aliphatic rings. The fourth-order valence-corrected chi connectivity index (χ4v) is 6.39. The van der Waals surface area contributed by atoms with Gasteiger partial charge in [0.25, 0.3) is 11.8 Å². The minimum atomic E-state index is -1.39. The largest absolute Gasteiger partial charge is 0.543 e. The van der Waals surface area contributed by atoms with Gasteiger partial charge in [-0.3, -0.25) is 14.5 Å². The molecule has 2 saturated heterocycles. The van der Waals surface area contributed by atoms with Crippen LogP contribution in [-0.2, 0) is 14.4 Å². The number of nitrogens with zero attached hydrogens (tertiary/aromatic N) is 4. The topological polar surface area (TPSA) is 161 Å². The number of likely N-dealkylation sites (tertiary alicyclic amines) is 1. The summed E-state index contributed by atoms with van der Waals surface area (Å²) in [5.41, 5.74) is 5.87. The highest BCUT2D eigenvalue weighted by atomic mass is 32.2. The lowest BCUT2D eigenvalue weighted by atomic mass is 10.0. The van der Waals surface area contributed by atoms with Gasteiger partial charge in [-0.1, -0.05) is 5.16 Å². The molecule has 172 valence electrons. The second-order valence-electron chi connectivity index (χ2n) is 8.41. The Morgan fingerprint density at radius 2 is 2.12 bits per heavy atom. The molecule has 2 amide bonds. The zero-order valence-electron chi connectivity index (χ0n) is 17.4. The predicted octanol–water partition coefficient (Wildman–Crippen LogP) is -1.06. The molecular weight excluding hydrogens is 456 g/mol. The molecule has 1 aromatic rings. The quantitative estimate of drug-likeness (QED) is 0.153. The van der Waals surface area contributed by atoms with Crippen LogP contribution >= 0.6 is 23.1 Å². The SMILES string of the molecule is C[N+]1(CC2=C(C(=O)[O-])N3C(=O)C(NC(=O)C(=NO)c4csc(N)n4)[C@@H]3SC2)CCCCC1. The molecule has 32 heavy (non-hydrogen) atoms. The van der Waals surface area contributed by atoms with Crippen LogP contribution < -0.4 is 16.2 Å². The zero-order chi connectivity index (χ0) is 23.0. The molecule has 0 bridgehead atoms. The summed E-state index contributed by atoms with van der Waals surface area (Å²) in [6.07, 6.45) is 3.36. The van der Waals surface area contributed by atoms with E-state index in [1.54, 1.807) is 0 Å². The van der Waals surface area contributed by atoms with Crippen molar-refractivity contribution in [3.8, 4) is 0 Å². The van der Waals surface area contributed by atoms with Crippen LogP contribution in [0.4, 0.5) is 5.13 Å². The number of piperidine rings is 1. The summed E-state index contributed by atoms with van der Waals surface area (Å²) in [5.74, 6) is -2.29. The maximum atomic E-state index is 12.8. The number of anilines is 1. The number of carbonyl (C=O) groups is 3. The van der Waals surface area contributed by atoms with Gasteiger partial charge in [0.2, 0.25) is 0 Å². The first kappa shape index (κ1) is 22.6. The first-order valence-corrected chi connectivity index (χ1v) is 12.1. The molecule has 0 spiro atoms.